The van der Waals surface area contributed by atoms with Crippen molar-refractivity contribution in [3.05, 3.63) is 193 Å². The maximum atomic E-state index is 2.46. The largest absolute Gasteiger partial charge is 0.310 e. The number of anilines is 3. The van der Waals surface area contributed by atoms with Gasteiger partial charge in [0.1, 0.15) is 0 Å². The number of benzene rings is 8. The van der Waals surface area contributed by atoms with Crippen LogP contribution >= 0.6 is 0 Å². The Morgan fingerprint density at radius 2 is 0.980 bits per heavy atom. The predicted molar refractivity (Wildman–Crippen MR) is 216 cm³/mol. The van der Waals surface area contributed by atoms with E-state index < -0.39 is 0 Å². The first-order chi connectivity index (χ1) is 25.0. The van der Waals surface area contributed by atoms with E-state index in [4.69, 9.17) is 0 Å². The van der Waals surface area contributed by atoms with Crippen molar-refractivity contribution in [1.82, 2.24) is 4.57 Å². The second kappa shape index (κ2) is 11.3. The Kier molecular flexibility index (Phi) is 6.56. The number of nitrogens with zero attached hydrogens (tertiary/aromatic N) is 2. The summed E-state index contributed by atoms with van der Waals surface area (Å²) in [6.07, 6.45) is 0. The molecule has 0 aliphatic heterocycles. The molecule has 0 atom stereocenters. The normalized spacial score (nSPS) is 13.1. The van der Waals surface area contributed by atoms with Gasteiger partial charge in [-0.3, -0.25) is 0 Å². The van der Waals surface area contributed by atoms with E-state index in [-0.39, 0.29) is 5.41 Å². The molecule has 2 heteroatoms. The Morgan fingerprint density at radius 3 is 1.75 bits per heavy atom. The Balaban J connectivity index is 1.09. The highest BCUT2D eigenvalue weighted by molar-refractivity contribution is 6.13. The molecular weight excluding hydrogens is 617 g/mol. The van der Waals surface area contributed by atoms with Crippen LogP contribution in [0.25, 0.3) is 60.5 Å². The van der Waals surface area contributed by atoms with Gasteiger partial charge in [0.25, 0.3) is 0 Å². The molecule has 0 unspecified atom stereocenters. The van der Waals surface area contributed by atoms with Crippen LogP contribution in [0.4, 0.5) is 17.1 Å². The molecule has 0 fully saturated rings. The van der Waals surface area contributed by atoms with Gasteiger partial charge in [-0.15, -0.1) is 0 Å². The van der Waals surface area contributed by atoms with Crippen molar-refractivity contribution < 1.29 is 0 Å². The predicted octanol–water partition coefficient (Wildman–Crippen LogP) is 13.4. The maximum Gasteiger partial charge on any atom is 0.0547 e. The molecule has 0 bridgehead atoms. The fourth-order valence-corrected chi connectivity index (χ4v) is 8.38. The van der Waals surface area contributed by atoms with Crippen LogP contribution in [-0.2, 0) is 5.41 Å². The van der Waals surface area contributed by atoms with Gasteiger partial charge in [-0.1, -0.05) is 129 Å². The lowest BCUT2D eigenvalue weighted by atomic mass is 9.82. The molecule has 2 nitrogen and oxygen atoms in total. The van der Waals surface area contributed by atoms with Crippen LogP contribution in [0, 0.1) is 0 Å². The Hall–Kier alpha value is -6.38. The average Bonchev–Trinajstić information content (AvgIpc) is 3.62. The van der Waals surface area contributed by atoms with E-state index in [2.05, 4.69) is 205 Å². The topological polar surface area (TPSA) is 8.17 Å². The molecule has 0 radical (unpaired) electrons. The van der Waals surface area contributed by atoms with Crippen LogP contribution in [0.1, 0.15) is 25.0 Å². The quantitative estimate of drug-likeness (QED) is 0.180. The minimum atomic E-state index is -0.193. The molecule has 0 saturated carbocycles. The van der Waals surface area contributed by atoms with E-state index in [1.54, 1.807) is 0 Å². The van der Waals surface area contributed by atoms with E-state index in [1.165, 1.54) is 71.6 Å². The molecule has 1 aliphatic carbocycles. The Labute approximate surface area is 298 Å². The van der Waals surface area contributed by atoms with Crippen LogP contribution < -0.4 is 4.90 Å². The van der Waals surface area contributed by atoms with Crippen molar-refractivity contribution in [1.29, 1.82) is 0 Å². The molecule has 9 aromatic rings. The standard InChI is InChI=1S/C49H36N2/c1-49(2)45-31-39(50(37-17-7-4-8-18-37)38-23-21-34(22-24-38)33-13-5-3-6-14-33)25-27-41(45)42-28-26-40(32-46(42)49)51-47-20-12-11-19-43(47)44-29-35-15-9-10-16-36(35)30-48(44)51/h3-32H,1-2H3. The number of hydrogen-bond acceptors (Lipinski definition) is 1. The highest BCUT2D eigenvalue weighted by Crippen LogP contribution is 2.51. The van der Waals surface area contributed by atoms with E-state index in [9.17, 15) is 0 Å². The lowest BCUT2D eigenvalue weighted by molar-refractivity contribution is 0.660. The molecule has 10 rings (SSSR count). The zero-order chi connectivity index (χ0) is 34.1. The van der Waals surface area contributed by atoms with E-state index in [1.807, 2.05) is 0 Å². The third kappa shape index (κ3) is 4.64. The second-order valence-electron chi connectivity index (χ2n) is 14.2. The van der Waals surface area contributed by atoms with Gasteiger partial charge in [0.2, 0.25) is 0 Å². The van der Waals surface area contributed by atoms with Crippen molar-refractivity contribution in [2.24, 2.45) is 0 Å². The highest BCUT2D eigenvalue weighted by atomic mass is 15.1. The molecule has 0 amide bonds. The van der Waals surface area contributed by atoms with E-state index in [0.29, 0.717) is 0 Å². The zero-order valence-electron chi connectivity index (χ0n) is 28.7. The summed E-state index contributed by atoms with van der Waals surface area (Å²) in [5.74, 6) is 0. The van der Waals surface area contributed by atoms with Crippen LogP contribution in [0.2, 0.25) is 0 Å². The van der Waals surface area contributed by atoms with Gasteiger partial charge in [-0.2, -0.15) is 0 Å². The van der Waals surface area contributed by atoms with Crippen LogP contribution in [0.5, 0.6) is 0 Å². The summed E-state index contributed by atoms with van der Waals surface area (Å²) in [5.41, 5.74) is 14.7. The van der Waals surface area contributed by atoms with Crippen LogP contribution in [-0.4, -0.2) is 4.57 Å². The van der Waals surface area contributed by atoms with Gasteiger partial charge >= 0.3 is 0 Å². The molecule has 8 aromatic carbocycles. The smallest absolute Gasteiger partial charge is 0.0547 e. The lowest BCUT2D eigenvalue weighted by Gasteiger charge is -2.28. The fraction of sp³-hybridized carbons (Fsp3) is 0.0612. The van der Waals surface area contributed by atoms with Crippen LogP contribution in [0.3, 0.4) is 0 Å². The third-order valence-electron chi connectivity index (χ3n) is 10.9. The lowest BCUT2D eigenvalue weighted by Crippen LogP contribution is -2.17. The summed E-state index contributed by atoms with van der Waals surface area (Å²) in [7, 11) is 0. The highest BCUT2D eigenvalue weighted by Gasteiger charge is 2.36. The first kappa shape index (κ1) is 29.5. The minimum Gasteiger partial charge on any atom is -0.310 e. The number of rotatable bonds is 5. The molecule has 0 saturated heterocycles. The first-order valence-corrected chi connectivity index (χ1v) is 17.8. The Morgan fingerprint density at radius 1 is 0.412 bits per heavy atom. The molecule has 0 N–H and O–H groups in total. The number of hydrogen-bond donors (Lipinski definition) is 0. The monoisotopic (exact) mass is 652 g/mol. The van der Waals surface area contributed by atoms with Gasteiger partial charge in [0.15, 0.2) is 0 Å². The minimum absolute atomic E-state index is 0.193. The molecule has 1 aliphatic rings. The summed E-state index contributed by atoms with van der Waals surface area (Å²) in [6.45, 7) is 4.76. The molecule has 1 heterocycles. The van der Waals surface area contributed by atoms with Crippen molar-refractivity contribution in [2.45, 2.75) is 19.3 Å². The van der Waals surface area contributed by atoms with Crippen LogP contribution in [0.15, 0.2) is 182 Å². The number of fused-ring (bicyclic) bond motifs is 7. The van der Waals surface area contributed by atoms with E-state index >= 15 is 0 Å². The molecule has 51 heavy (non-hydrogen) atoms. The van der Waals surface area contributed by atoms with E-state index in [0.717, 1.165) is 17.1 Å². The van der Waals surface area contributed by atoms with Gasteiger partial charge in [0.05, 0.1) is 11.0 Å². The fourth-order valence-electron chi connectivity index (χ4n) is 8.38. The van der Waals surface area contributed by atoms with Gasteiger partial charge in [-0.05, 0) is 111 Å². The summed E-state index contributed by atoms with van der Waals surface area (Å²) in [4.78, 5) is 2.38. The van der Waals surface area contributed by atoms with Crippen molar-refractivity contribution >= 4 is 49.6 Å². The second-order valence-corrected chi connectivity index (χ2v) is 14.2. The first-order valence-electron chi connectivity index (χ1n) is 17.8. The molecule has 242 valence electrons. The average molecular weight is 653 g/mol. The zero-order valence-corrected chi connectivity index (χ0v) is 28.7. The third-order valence-corrected chi connectivity index (χ3v) is 10.9. The number of aromatic nitrogens is 1. The SMILES string of the molecule is CC1(C)c2cc(N(c3ccccc3)c3ccc(-c4ccccc4)cc3)ccc2-c2ccc(-n3c4ccccc4c4cc5ccccc5cc43)cc21. The van der Waals surface area contributed by atoms with Crippen molar-refractivity contribution in [2.75, 3.05) is 4.90 Å². The summed E-state index contributed by atoms with van der Waals surface area (Å²) in [6, 6.07) is 66.6. The van der Waals surface area contributed by atoms with Crippen molar-refractivity contribution in [3.8, 4) is 27.9 Å². The van der Waals surface area contributed by atoms with Gasteiger partial charge in [-0.25, -0.2) is 0 Å². The summed E-state index contributed by atoms with van der Waals surface area (Å²) >= 11 is 0. The maximum absolute atomic E-state index is 2.46. The van der Waals surface area contributed by atoms with Gasteiger partial charge in [0, 0.05) is 38.9 Å². The molecule has 1 aromatic heterocycles. The van der Waals surface area contributed by atoms with Crippen molar-refractivity contribution in [3.63, 3.8) is 0 Å². The van der Waals surface area contributed by atoms with Gasteiger partial charge < -0.3 is 9.47 Å². The molecular formula is C49H36N2. The summed E-state index contributed by atoms with van der Waals surface area (Å²) < 4.78 is 2.46. The molecule has 0 spiro atoms. The Bertz CT molecular complexity index is 2750. The number of para-hydroxylation sites is 2. The summed E-state index contributed by atoms with van der Waals surface area (Å²) in [5, 5.41) is 5.10.